The zero-order valence-electron chi connectivity index (χ0n) is 29.3. The molecule has 0 aromatic heterocycles. The Kier molecular flexibility index (Phi) is 24.3. The fourth-order valence-electron chi connectivity index (χ4n) is 5.67. The molecule has 0 aromatic rings. The number of unbranched alkanes of at least 4 members (excludes halogenated alkanes) is 4. The summed E-state index contributed by atoms with van der Waals surface area (Å²) in [4.78, 5) is 42.6. The molecule has 0 radical (unpaired) electrons. The van der Waals surface area contributed by atoms with Gasteiger partial charge in [-0.3, -0.25) is 9.59 Å². The quantitative estimate of drug-likeness (QED) is 0.0621. The van der Waals surface area contributed by atoms with E-state index in [-0.39, 0.29) is 24.3 Å². The van der Waals surface area contributed by atoms with Crippen LogP contribution in [0.2, 0.25) is 0 Å². The summed E-state index contributed by atoms with van der Waals surface area (Å²) in [5.41, 5.74) is 0.993. The topological polar surface area (TPSA) is 86.7 Å². The van der Waals surface area contributed by atoms with E-state index in [0.29, 0.717) is 5.92 Å². The molecule has 0 N–H and O–H groups in total. The number of rotatable bonds is 19. The van der Waals surface area contributed by atoms with Gasteiger partial charge >= 0.3 is 23.9 Å². The number of allylic oxidation sites excluding steroid dienone is 3. The van der Waals surface area contributed by atoms with Crippen molar-refractivity contribution >= 4 is 23.9 Å². The van der Waals surface area contributed by atoms with Gasteiger partial charge < -0.3 is 9.47 Å². The van der Waals surface area contributed by atoms with Crippen molar-refractivity contribution in [1.82, 2.24) is 0 Å². The van der Waals surface area contributed by atoms with Crippen LogP contribution in [0.25, 0.3) is 0 Å². The smallest absolute Gasteiger partial charge is 0.338 e. The van der Waals surface area contributed by atoms with E-state index in [1.165, 1.54) is 77.0 Å². The zero-order valence-corrected chi connectivity index (χ0v) is 29.3. The van der Waals surface area contributed by atoms with E-state index < -0.39 is 11.9 Å². The molecule has 44 heavy (non-hydrogen) atoms. The molecule has 2 rings (SSSR count). The third-order valence-electron chi connectivity index (χ3n) is 8.68. The lowest BCUT2D eigenvalue weighted by molar-refractivity contribution is -0.153. The first-order valence-corrected chi connectivity index (χ1v) is 17.5. The minimum absolute atomic E-state index is 0.214. The fraction of sp³-hybridized carbons (Fsp3) is 0.737. The number of cyclic esters (lactones) is 4. The zero-order chi connectivity index (χ0) is 33.3. The highest BCUT2D eigenvalue weighted by Gasteiger charge is 2.34. The Bertz CT molecular complexity index is 898. The number of carbonyl (C=O) groups is 4. The fourth-order valence-corrected chi connectivity index (χ4v) is 5.67. The van der Waals surface area contributed by atoms with Crippen LogP contribution in [0.3, 0.4) is 0 Å². The lowest BCUT2D eigenvalue weighted by atomic mass is 9.87. The number of ether oxygens (including phenoxy) is 2. The van der Waals surface area contributed by atoms with Gasteiger partial charge in [-0.25, -0.2) is 9.59 Å². The predicted octanol–water partition coefficient (Wildman–Crippen LogP) is 10.3. The number of carbonyl (C=O) groups excluding carboxylic acids is 4. The maximum atomic E-state index is 11.6. The Morgan fingerprint density at radius 1 is 0.795 bits per heavy atom. The van der Waals surface area contributed by atoms with E-state index in [4.69, 9.17) is 0 Å². The van der Waals surface area contributed by atoms with Crippen LogP contribution >= 0.6 is 0 Å². The Labute approximate surface area is 269 Å². The van der Waals surface area contributed by atoms with Crippen molar-refractivity contribution in [3.8, 4) is 0 Å². The summed E-state index contributed by atoms with van der Waals surface area (Å²) >= 11 is 0. The summed E-state index contributed by atoms with van der Waals surface area (Å²) in [6.07, 6.45) is 27.4. The van der Waals surface area contributed by atoms with Crippen molar-refractivity contribution in [2.24, 2.45) is 29.6 Å². The number of hydrogen-bond acceptors (Lipinski definition) is 6. The summed E-state index contributed by atoms with van der Waals surface area (Å²) in [7, 11) is 0. The highest BCUT2D eigenvalue weighted by atomic mass is 16.6. The van der Waals surface area contributed by atoms with Gasteiger partial charge in [0, 0.05) is 12.2 Å². The average Bonchev–Trinajstić information content (AvgIpc) is 3.55. The second-order valence-corrected chi connectivity index (χ2v) is 12.8. The molecule has 0 aromatic carbocycles. The molecule has 0 amide bonds. The van der Waals surface area contributed by atoms with Crippen LogP contribution in [0.4, 0.5) is 0 Å². The van der Waals surface area contributed by atoms with Crippen molar-refractivity contribution < 1.29 is 28.7 Å². The van der Waals surface area contributed by atoms with Gasteiger partial charge in [-0.2, -0.15) is 0 Å². The summed E-state index contributed by atoms with van der Waals surface area (Å²) in [6.45, 7) is 17.9. The molecule has 0 saturated carbocycles. The van der Waals surface area contributed by atoms with Crippen LogP contribution in [0.15, 0.2) is 36.0 Å². The van der Waals surface area contributed by atoms with Crippen molar-refractivity contribution in [2.75, 3.05) is 0 Å². The lowest BCUT2D eigenvalue weighted by Gasteiger charge is -2.19. The van der Waals surface area contributed by atoms with Crippen LogP contribution in [0.5, 0.6) is 0 Å². The predicted molar refractivity (Wildman–Crippen MR) is 181 cm³/mol. The van der Waals surface area contributed by atoms with Crippen LogP contribution in [0.1, 0.15) is 152 Å². The summed E-state index contributed by atoms with van der Waals surface area (Å²) in [5, 5.41) is 0. The molecule has 1 saturated heterocycles. The molecule has 1 fully saturated rings. The highest BCUT2D eigenvalue weighted by Crippen LogP contribution is 2.28. The van der Waals surface area contributed by atoms with Gasteiger partial charge in [0.1, 0.15) is 0 Å². The number of esters is 4. The lowest BCUT2D eigenvalue weighted by Crippen LogP contribution is -2.10. The van der Waals surface area contributed by atoms with Crippen LogP contribution in [-0.4, -0.2) is 23.9 Å². The van der Waals surface area contributed by atoms with Gasteiger partial charge in [0.15, 0.2) is 0 Å². The first kappa shape index (κ1) is 41.5. The molecule has 6 heteroatoms. The van der Waals surface area contributed by atoms with E-state index in [1.807, 2.05) is 6.92 Å². The third-order valence-corrected chi connectivity index (χ3v) is 8.68. The molecule has 6 nitrogen and oxygen atoms in total. The Balaban J connectivity index is 0.000000719. The third kappa shape index (κ3) is 20.5. The van der Waals surface area contributed by atoms with Crippen molar-refractivity contribution in [1.29, 1.82) is 0 Å². The summed E-state index contributed by atoms with van der Waals surface area (Å²) < 4.78 is 8.60. The van der Waals surface area contributed by atoms with Gasteiger partial charge in [-0.1, -0.05) is 130 Å². The molecule has 0 bridgehead atoms. The molecule has 252 valence electrons. The Morgan fingerprint density at radius 2 is 1.30 bits per heavy atom. The van der Waals surface area contributed by atoms with Crippen molar-refractivity contribution in [2.45, 2.75) is 152 Å². The maximum absolute atomic E-state index is 11.6. The highest BCUT2D eigenvalue weighted by molar-refractivity contribution is 6.04. The summed E-state index contributed by atoms with van der Waals surface area (Å²) in [6, 6.07) is 0. The number of hydrogen-bond donors (Lipinski definition) is 0. The normalized spacial score (nSPS) is 19.1. The van der Waals surface area contributed by atoms with Crippen LogP contribution in [0, 0.1) is 29.6 Å². The largest absolute Gasteiger partial charge is 0.393 e. The van der Waals surface area contributed by atoms with E-state index in [2.05, 4.69) is 76.2 Å². The second-order valence-electron chi connectivity index (χ2n) is 12.8. The molecule has 2 aliphatic rings. The Hall–Kier alpha value is -2.50. The SMILES string of the molecule is C/C=C/CC(CC)CC(C)CCCCC.CCCCCC(C)CC(CC)C/C=C(\C)C1CC(=O)OC1=O.O=C1C=CC(=O)O1. The molecule has 5 unspecified atom stereocenters. The van der Waals surface area contributed by atoms with E-state index in [1.54, 1.807) is 0 Å². The first-order valence-electron chi connectivity index (χ1n) is 17.5. The van der Waals surface area contributed by atoms with Gasteiger partial charge in [-0.15, -0.1) is 0 Å². The molecule has 0 spiro atoms. The monoisotopic (exact) mass is 616 g/mol. The molecule has 5 atom stereocenters. The molecule has 2 heterocycles. The van der Waals surface area contributed by atoms with Gasteiger partial charge in [0.2, 0.25) is 0 Å². The average molecular weight is 617 g/mol. The minimum atomic E-state index is -0.579. The van der Waals surface area contributed by atoms with Gasteiger partial charge in [0.05, 0.1) is 12.3 Å². The maximum Gasteiger partial charge on any atom is 0.338 e. The molecular formula is C38H64O6. The van der Waals surface area contributed by atoms with Crippen molar-refractivity contribution in [3.05, 3.63) is 36.0 Å². The molecular weight excluding hydrogens is 552 g/mol. The second kappa shape index (κ2) is 25.8. The standard InChI is InChI=1S/C19H32O3.C15H30.C4H2O3/c1-5-7-8-9-14(3)12-16(6-2)11-10-15(4)17-13-18(20)22-19(17)21;1-5-8-10-11-14(4)13-15(7-3)12-9-6-2;5-3-1-2-4(6)7-3/h10,14,16-17H,5-9,11-13H2,1-4H3;6,9,14-15H,5,7-8,10-13H2,1-4H3;1-2H/b15-10+;9-6+;. The van der Waals surface area contributed by atoms with E-state index in [0.717, 1.165) is 48.3 Å². The molecule has 2 aliphatic heterocycles. The van der Waals surface area contributed by atoms with E-state index in [9.17, 15) is 19.2 Å². The minimum Gasteiger partial charge on any atom is -0.393 e. The van der Waals surface area contributed by atoms with Gasteiger partial charge in [0.25, 0.3) is 0 Å². The van der Waals surface area contributed by atoms with E-state index >= 15 is 0 Å². The summed E-state index contributed by atoms with van der Waals surface area (Å²) in [5.74, 6) is 1.01. The molecule has 0 aliphatic carbocycles. The van der Waals surface area contributed by atoms with Gasteiger partial charge in [-0.05, 0) is 63.2 Å². The first-order chi connectivity index (χ1) is 21.0. The van der Waals surface area contributed by atoms with Crippen LogP contribution < -0.4 is 0 Å². The van der Waals surface area contributed by atoms with Crippen LogP contribution in [-0.2, 0) is 28.7 Å². The Morgan fingerprint density at radius 3 is 1.66 bits per heavy atom. The van der Waals surface area contributed by atoms with Crippen molar-refractivity contribution in [3.63, 3.8) is 0 Å².